The average Bonchev–Trinajstić information content (AvgIpc) is 2.41. The van der Waals surface area contributed by atoms with Gasteiger partial charge in [-0.3, -0.25) is 0 Å². The van der Waals surface area contributed by atoms with E-state index in [1.807, 2.05) is 38.4 Å². The summed E-state index contributed by atoms with van der Waals surface area (Å²) in [5.41, 5.74) is 3.28. The zero-order chi connectivity index (χ0) is 15.6. The Morgan fingerprint density at radius 3 is 2.38 bits per heavy atom. The van der Waals surface area contributed by atoms with Crippen molar-refractivity contribution in [2.75, 3.05) is 24.3 Å². The van der Waals surface area contributed by atoms with Crippen molar-refractivity contribution < 1.29 is 0 Å². The first-order chi connectivity index (χ1) is 9.88. The van der Waals surface area contributed by atoms with Crippen LogP contribution >= 0.6 is 39.1 Å². The molecule has 1 unspecified atom stereocenters. The maximum absolute atomic E-state index is 6.09. The highest BCUT2D eigenvalue weighted by atomic mass is 79.9. The van der Waals surface area contributed by atoms with Gasteiger partial charge < -0.3 is 10.2 Å². The zero-order valence-corrected chi connectivity index (χ0v) is 15.2. The number of nitrogens with zero attached hydrogens (tertiary/aromatic N) is 1. The number of halogens is 3. The van der Waals surface area contributed by atoms with Crippen molar-refractivity contribution in [1.82, 2.24) is 0 Å². The molecule has 5 heteroatoms. The van der Waals surface area contributed by atoms with Crippen LogP contribution < -0.4 is 10.2 Å². The van der Waals surface area contributed by atoms with E-state index >= 15 is 0 Å². The monoisotopic (exact) mass is 386 g/mol. The molecule has 1 atom stereocenters. The summed E-state index contributed by atoms with van der Waals surface area (Å²) in [5.74, 6) is 0. The van der Waals surface area contributed by atoms with Gasteiger partial charge in [-0.15, -0.1) is 0 Å². The first-order valence-corrected chi connectivity index (χ1v) is 8.11. The highest BCUT2D eigenvalue weighted by molar-refractivity contribution is 9.10. The molecule has 0 aliphatic carbocycles. The topological polar surface area (TPSA) is 15.3 Å². The van der Waals surface area contributed by atoms with E-state index in [1.165, 1.54) is 0 Å². The van der Waals surface area contributed by atoms with Gasteiger partial charge in [0.05, 0.1) is 21.4 Å². The zero-order valence-electron chi connectivity index (χ0n) is 12.1. The SMILES string of the molecule is CC(Nc1cc(Br)ccc1N(C)C)c1ccc(Cl)c(Cl)c1. The lowest BCUT2D eigenvalue weighted by Gasteiger charge is -2.22. The van der Waals surface area contributed by atoms with E-state index in [-0.39, 0.29) is 6.04 Å². The number of rotatable bonds is 4. The molecule has 0 aliphatic rings. The summed E-state index contributed by atoms with van der Waals surface area (Å²) in [7, 11) is 4.05. The predicted molar refractivity (Wildman–Crippen MR) is 97.0 cm³/mol. The Kier molecular flexibility index (Phi) is 5.42. The van der Waals surface area contributed by atoms with E-state index in [2.05, 4.69) is 45.2 Å². The summed E-state index contributed by atoms with van der Waals surface area (Å²) < 4.78 is 1.04. The molecule has 0 bridgehead atoms. The molecule has 0 aliphatic heterocycles. The molecule has 0 saturated carbocycles. The number of hydrogen-bond acceptors (Lipinski definition) is 2. The summed E-state index contributed by atoms with van der Waals surface area (Å²) in [5, 5.41) is 4.67. The Labute approximate surface area is 144 Å². The predicted octanol–water partition coefficient (Wildman–Crippen LogP) is 6.00. The molecule has 0 fully saturated rings. The van der Waals surface area contributed by atoms with Gasteiger partial charge >= 0.3 is 0 Å². The number of nitrogens with one attached hydrogen (secondary N) is 1. The van der Waals surface area contributed by atoms with Crippen molar-refractivity contribution in [2.24, 2.45) is 0 Å². The van der Waals surface area contributed by atoms with Crippen LogP contribution in [0, 0.1) is 0 Å². The Balaban J connectivity index is 2.28. The molecule has 21 heavy (non-hydrogen) atoms. The van der Waals surface area contributed by atoms with E-state index in [0.717, 1.165) is 21.4 Å². The Bertz CT molecular complexity index is 644. The van der Waals surface area contributed by atoms with Crippen molar-refractivity contribution in [3.63, 3.8) is 0 Å². The van der Waals surface area contributed by atoms with E-state index in [0.29, 0.717) is 10.0 Å². The molecule has 0 heterocycles. The Morgan fingerprint density at radius 1 is 1.05 bits per heavy atom. The van der Waals surface area contributed by atoms with Crippen molar-refractivity contribution in [3.8, 4) is 0 Å². The molecule has 0 spiro atoms. The fourth-order valence-electron chi connectivity index (χ4n) is 2.11. The Morgan fingerprint density at radius 2 is 1.76 bits per heavy atom. The molecule has 1 N–H and O–H groups in total. The lowest BCUT2D eigenvalue weighted by atomic mass is 10.1. The van der Waals surface area contributed by atoms with Crippen LogP contribution in [0.4, 0.5) is 11.4 Å². The third kappa shape index (κ3) is 4.06. The van der Waals surface area contributed by atoms with Crippen LogP contribution in [0.2, 0.25) is 10.0 Å². The highest BCUT2D eigenvalue weighted by Gasteiger charge is 2.11. The van der Waals surface area contributed by atoms with Gasteiger partial charge in [0, 0.05) is 24.6 Å². The highest BCUT2D eigenvalue weighted by Crippen LogP contribution is 2.32. The molecule has 2 aromatic rings. The summed E-state index contributed by atoms with van der Waals surface area (Å²) in [6, 6.07) is 12.0. The minimum Gasteiger partial charge on any atom is -0.377 e. The first-order valence-electron chi connectivity index (χ1n) is 6.57. The minimum absolute atomic E-state index is 0.118. The lowest BCUT2D eigenvalue weighted by molar-refractivity contribution is 0.883. The van der Waals surface area contributed by atoms with E-state index < -0.39 is 0 Å². The van der Waals surface area contributed by atoms with Crippen LogP contribution in [0.3, 0.4) is 0 Å². The molecule has 0 aromatic heterocycles. The second-order valence-electron chi connectivity index (χ2n) is 5.10. The first kappa shape index (κ1) is 16.5. The standard InChI is InChI=1S/C16H17BrCl2N2/c1-10(11-4-6-13(18)14(19)8-11)20-15-9-12(17)5-7-16(15)21(2)3/h4-10,20H,1-3H3. The molecule has 2 nitrogen and oxygen atoms in total. The lowest BCUT2D eigenvalue weighted by Crippen LogP contribution is -2.14. The molecular formula is C16H17BrCl2N2. The second-order valence-corrected chi connectivity index (χ2v) is 6.83. The van der Waals surface area contributed by atoms with Crippen LogP contribution in [-0.4, -0.2) is 14.1 Å². The van der Waals surface area contributed by atoms with E-state index in [4.69, 9.17) is 23.2 Å². The van der Waals surface area contributed by atoms with Crippen molar-refractivity contribution >= 4 is 50.5 Å². The Hall–Kier alpha value is -0.900. The van der Waals surface area contributed by atoms with Gasteiger partial charge in [-0.1, -0.05) is 45.2 Å². The molecule has 2 rings (SSSR count). The third-order valence-electron chi connectivity index (χ3n) is 3.26. The molecule has 2 aromatic carbocycles. The molecule has 112 valence electrons. The molecule has 0 saturated heterocycles. The normalized spacial score (nSPS) is 12.1. The van der Waals surface area contributed by atoms with Gasteiger partial charge in [0.15, 0.2) is 0 Å². The van der Waals surface area contributed by atoms with Crippen LogP contribution in [0.15, 0.2) is 40.9 Å². The number of benzene rings is 2. The smallest absolute Gasteiger partial charge is 0.0597 e. The van der Waals surface area contributed by atoms with Gasteiger partial charge in [-0.05, 0) is 42.8 Å². The summed E-state index contributed by atoms with van der Waals surface area (Å²) in [6.45, 7) is 2.10. The number of anilines is 2. The van der Waals surface area contributed by atoms with E-state index in [1.54, 1.807) is 0 Å². The maximum atomic E-state index is 6.09. The van der Waals surface area contributed by atoms with Gasteiger partial charge in [0.2, 0.25) is 0 Å². The van der Waals surface area contributed by atoms with Crippen LogP contribution in [0.25, 0.3) is 0 Å². The van der Waals surface area contributed by atoms with Crippen LogP contribution in [-0.2, 0) is 0 Å². The second kappa shape index (κ2) is 6.91. The quantitative estimate of drug-likeness (QED) is 0.692. The molecule has 0 amide bonds. The van der Waals surface area contributed by atoms with E-state index in [9.17, 15) is 0 Å². The van der Waals surface area contributed by atoms with Gasteiger partial charge in [-0.25, -0.2) is 0 Å². The maximum Gasteiger partial charge on any atom is 0.0597 e. The minimum atomic E-state index is 0.118. The van der Waals surface area contributed by atoms with Gasteiger partial charge in [0.1, 0.15) is 0 Å². The van der Waals surface area contributed by atoms with Crippen LogP contribution in [0.1, 0.15) is 18.5 Å². The van der Waals surface area contributed by atoms with Gasteiger partial charge in [0.25, 0.3) is 0 Å². The molecule has 0 radical (unpaired) electrons. The fourth-order valence-corrected chi connectivity index (χ4v) is 2.78. The third-order valence-corrected chi connectivity index (χ3v) is 4.49. The number of hydrogen-bond donors (Lipinski definition) is 1. The summed E-state index contributed by atoms with van der Waals surface area (Å²) >= 11 is 15.6. The fraction of sp³-hybridized carbons (Fsp3) is 0.250. The van der Waals surface area contributed by atoms with Gasteiger partial charge in [-0.2, -0.15) is 0 Å². The largest absolute Gasteiger partial charge is 0.377 e. The molecular weight excluding hydrogens is 371 g/mol. The average molecular weight is 388 g/mol. The van der Waals surface area contributed by atoms with Crippen molar-refractivity contribution in [1.29, 1.82) is 0 Å². The van der Waals surface area contributed by atoms with Crippen molar-refractivity contribution in [2.45, 2.75) is 13.0 Å². The summed E-state index contributed by atoms with van der Waals surface area (Å²) in [6.07, 6.45) is 0. The van der Waals surface area contributed by atoms with Crippen LogP contribution in [0.5, 0.6) is 0 Å². The summed E-state index contributed by atoms with van der Waals surface area (Å²) in [4.78, 5) is 2.08. The van der Waals surface area contributed by atoms with Crippen molar-refractivity contribution in [3.05, 3.63) is 56.5 Å².